The van der Waals surface area contributed by atoms with Gasteiger partial charge in [-0.15, -0.1) is 0 Å². The molecule has 0 aliphatic heterocycles. The molecule has 1 aromatic carbocycles. The van der Waals surface area contributed by atoms with E-state index in [9.17, 15) is 32.7 Å². The van der Waals surface area contributed by atoms with Gasteiger partial charge in [0.05, 0.1) is 6.54 Å². The molecule has 0 fully saturated rings. The summed E-state index contributed by atoms with van der Waals surface area (Å²) >= 11 is 0. The lowest BCUT2D eigenvalue weighted by molar-refractivity contribution is -0.143. The van der Waals surface area contributed by atoms with Crippen LogP contribution in [-0.2, 0) is 17.5 Å². The number of halogens is 3. The van der Waals surface area contributed by atoms with Gasteiger partial charge in [-0.1, -0.05) is 30.3 Å². The van der Waals surface area contributed by atoms with Crippen molar-refractivity contribution in [2.75, 3.05) is 6.54 Å². The smallest absolute Gasteiger partial charge is 0.438 e. The zero-order valence-corrected chi connectivity index (χ0v) is 12.9. The van der Waals surface area contributed by atoms with Crippen molar-refractivity contribution in [3.05, 3.63) is 57.5 Å². The number of carbonyl (C=O) groups excluding carboxylic acids is 1. The fourth-order valence-corrected chi connectivity index (χ4v) is 2.07. The van der Waals surface area contributed by atoms with Gasteiger partial charge in [0.2, 0.25) is 5.69 Å². The van der Waals surface area contributed by atoms with Crippen LogP contribution in [0.2, 0.25) is 0 Å². The number of carboxylic acids is 1. The second-order valence-corrected chi connectivity index (χ2v) is 5.09. The summed E-state index contributed by atoms with van der Waals surface area (Å²) in [6.07, 6.45) is -5.14. The Labute approximate surface area is 143 Å². The lowest BCUT2D eigenvalue weighted by atomic mass is 10.2. The average molecular weight is 371 g/mol. The van der Waals surface area contributed by atoms with E-state index in [0.717, 1.165) is 0 Å². The van der Waals surface area contributed by atoms with Gasteiger partial charge in [0.1, 0.15) is 6.54 Å². The SMILES string of the molecule is O=C(O)CNC(=O)c1c(O)c(C(F)(F)F)nn(Cc2ccccc2)c1=O. The van der Waals surface area contributed by atoms with Crippen LogP contribution in [0.3, 0.4) is 0 Å². The summed E-state index contributed by atoms with van der Waals surface area (Å²) < 4.78 is 39.7. The van der Waals surface area contributed by atoms with E-state index >= 15 is 0 Å². The number of nitrogens with zero attached hydrogens (tertiary/aromatic N) is 2. The van der Waals surface area contributed by atoms with Crippen molar-refractivity contribution in [3.63, 3.8) is 0 Å². The molecule has 0 saturated heterocycles. The number of nitrogens with one attached hydrogen (secondary N) is 1. The maximum atomic E-state index is 13.1. The highest BCUT2D eigenvalue weighted by molar-refractivity contribution is 5.98. The minimum atomic E-state index is -5.14. The number of carbonyl (C=O) groups is 2. The predicted octanol–water partition coefficient (Wildman–Crippen LogP) is 0.830. The van der Waals surface area contributed by atoms with Crippen LogP contribution in [0.1, 0.15) is 21.6 Å². The molecule has 1 heterocycles. The normalized spacial score (nSPS) is 11.2. The van der Waals surface area contributed by atoms with Gasteiger partial charge in [-0.3, -0.25) is 14.4 Å². The van der Waals surface area contributed by atoms with Gasteiger partial charge in [0.25, 0.3) is 11.5 Å². The predicted molar refractivity (Wildman–Crippen MR) is 80.7 cm³/mol. The molecule has 2 aromatic rings. The summed E-state index contributed by atoms with van der Waals surface area (Å²) in [7, 11) is 0. The topological polar surface area (TPSA) is 122 Å². The summed E-state index contributed by atoms with van der Waals surface area (Å²) in [6.45, 7) is -1.33. The molecule has 1 aromatic heterocycles. The number of aliphatic carboxylic acids is 1. The number of aromatic nitrogens is 2. The molecule has 0 atom stereocenters. The Morgan fingerprint density at radius 3 is 2.35 bits per heavy atom. The minimum absolute atomic E-state index is 0.382. The summed E-state index contributed by atoms with van der Waals surface area (Å²) in [4.78, 5) is 34.7. The second-order valence-electron chi connectivity index (χ2n) is 5.09. The summed E-state index contributed by atoms with van der Waals surface area (Å²) in [5.41, 5.74) is -3.92. The van der Waals surface area contributed by atoms with Gasteiger partial charge in [-0.25, -0.2) is 4.68 Å². The molecule has 2 rings (SSSR count). The number of carboxylic acid groups (broad SMARTS) is 1. The van der Waals surface area contributed by atoms with E-state index < -0.39 is 47.2 Å². The fourth-order valence-electron chi connectivity index (χ4n) is 2.07. The van der Waals surface area contributed by atoms with Crippen molar-refractivity contribution in [1.82, 2.24) is 15.1 Å². The molecule has 0 bridgehead atoms. The first-order chi connectivity index (χ1) is 12.1. The Morgan fingerprint density at radius 2 is 1.81 bits per heavy atom. The molecule has 0 spiro atoms. The van der Waals surface area contributed by atoms with E-state index in [2.05, 4.69) is 5.10 Å². The van der Waals surface area contributed by atoms with Crippen LogP contribution >= 0.6 is 0 Å². The molecule has 0 radical (unpaired) electrons. The van der Waals surface area contributed by atoms with E-state index in [1.807, 2.05) is 0 Å². The highest BCUT2D eigenvalue weighted by Crippen LogP contribution is 2.34. The van der Waals surface area contributed by atoms with Gasteiger partial charge in [0, 0.05) is 0 Å². The summed E-state index contributed by atoms with van der Waals surface area (Å²) in [5.74, 6) is -4.59. The maximum Gasteiger partial charge on any atom is 0.438 e. The average Bonchev–Trinajstić information content (AvgIpc) is 2.55. The minimum Gasteiger partial charge on any atom is -0.505 e. The van der Waals surface area contributed by atoms with Crippen LogP contribution in [0.25, 0.3) is 0 Å². The van der Waals surface area contributed by atoms with Crippen LogP contribution in [0, 0.1) is 0 Å². The highest BCUT2D eigenvalue weighted by atomic mass is 19.4. The standard InChI is InChI=1S/C15H12F3N3O5/c16-15(17,18)12-11(24)10(13(25)19-6-9(22)23)14(26)21(20-12)7-8-4-2-1-3-5-8/h1-5,24H,6-7H2,(H,19,25)(H,22,23). The molecular weight excluding hydrogens is 359 g/mol. The van der Waals surface area contributed by atoms with Crippen LogP contribution in [0.15, 0.2) is 35.1 Å². The molecule has 8 nitrogen and oxygen atoms in total. The summed E-state index contributed by atoms with van der Waals surface area (Å²) in [6, 6.07) is 7.89. The lowest BCUT2D eigenvalue weighted by Gasteiger charge is -2.14. The van der Waals surface area contributed by atoms with Gasteiger partial charge < -0.3 is 15.5 Å². The van der Waals surface area contributed by atoms with Crippen LogP contribution in [0.5, 0.6) is 5.75 Å². The number of benzene rings is 1. The van der Waals surface area contributed by atoms with Crippen LogP contribution in [-0.4, -0.2) is 38.4 Å². The molecule has 0 aliphatic rings. The molecule has 0 saturated carbocycles. The number of amides is 1. The van der Waals surface area contributed by atoms with Crippen molar-refractivity contribution >= 4 is 11.9 Å². The van der Waals surface area contributed by atoms with Crippen LogP contribution < -0.4 is 10.9 Å². The molecular formula is C15H12F3N3O5. The van der Waals surface area contributed by atoms with Gasteiger partial charge in [-0.2, -0.15) is 18.3 Å². The van der Waals surface area contributed by atoms with E-state index in [4.69, 9.17) is 5.11 Å². The first-order valence-corrected chi connectivity index (χ1v) is 7.06. The van der Waals surface area contributed by atoms with Crippen molar-refractivity contribution in [2.45, 2.75) is 12.7 Å². The van der Waals surface area contributed by atoms with Crippen molar-refractivity contribution in [1.29, 1.82) is 0 Å². The van der Waals surface area contributed by atoms with E-state index in [-0.39, 0.29) is 6.54 Å². The number of hydrogen-bond acceptors (Lipinski definition) is 5. The third-order valence-corrected chi connectivity index (χ3v) is 3.20. The Balaban J connectivity index is 2.58. The Kier molecular flexibility index (Phi) is 5.29. The molecule has 11 heteroatoms. The van der Waals surface area contributed by atoms with Gasteiger partial charge >= 0.3 is 12.1 Å². The van der Waals surface area contributed by atoms with Gasteiger partial charge in [-0.05, 0) is 5.56 Å². The molecule has 26 heavy (non-hydrogen) atoms. The van der Waals surface area contributed by atoms with Crippen molar-refractivity contribution in [2.24, 2.45) is 0 Å². The number of alkyl halides is 3. The fraction of sp³-hybridized carbons (Fsp3) is 0.200. The molecule has 0 unspecified atom stereocenters. The Hall–Kier alpha value is -3.37. The molecule has 1 amide bonds. The van der Waals surface area contributed by atoms with E-state index in [1.54, 1.807) is 23.5 Å². The quantitative estimate of drug-likeness (QED) is 0.716. The third-order valence-electron chi connectivity index (χ3n) is 3.20. The Bertz CT molecular complexity index is 894. The molecule has 3 N–H and O–H groups in total. The first kappa shape index (κ1) is 19.0. The number of rotatable bonds is 5. The summed E-state index contributed by atoms with van der Waals surface area (Å²) in [5, 5.41) is 23.1. The zero-order valence-electron chi connectivity index (χ0n) is 12.9. The largest absolute Gasteiger partial charge is 0.505 e. The highest BCUT2D eigenvalue weighted by Gasteiger charge is 2.40. The molecule has 0 aliphatic carbocycles. The Morgan fingerprint density at radius 1 is 1.19 bits per heavy atom. The lowest BCUT2D eigenvalue weighted by Crippen LogP contribution is -2.38. The third kappa shape index (κ3) is 4.18. The first-order valence-electron chi connectivity index (χ1n) is 7.06. The zero-order chi connectivity index (χ0) is 19.5. The van der Waals surface area contributed by atoms with Crippen molar-refractivity contribution in [3.8, 4) is 5.75 Å². The number of hydrogen-bond donors (Lipinski definition) is 3. The second kappa shape index (κ2) is 7.25. The van der Waals surface area contributed by atoms with Crippen LogP contribution in [0.4, 0.5) is 13.2 Å². The number of aromatic hydroxyl groups is 1. The van der Waals surface area contributed by atoms with E-state index in [0.29, 0.717) is 10.2 Å². The van der Waals surface area contributed by atoms with E-state index in [1.165, 1.54) is 12.1 Å². The molecule has 138 valence electrons. The maximum absolute atomic E-state index is 13.1. The monoisotopic (exact) mass is 371 g/mol. The van der Waals surface area contributed by atoms with Crippen molar-refractivity contribution < 1.29 is 33.0 Å². The van der Waals surface area contributed by atoms with Gasteiger partial charge in [0.15, 0.2) is 11.3 Å².